The maximum absolute atomic E-state index is 12.0. The lowest BCUT2D eigenvalue weighted by atomic mass is 9.85. The summed E-state index contributed by atoms with van der Waals surface area (Å²) in [5, 5.41) is 1.51. The van der Waals surface area contributed by atoms with Gasteiger partial charge < -0.3 is 0 Å². The molecule has 0 bridgehead atoms. The largest absolute Gasteiger partial charge is 0.294 e. The van der Waals surface area contributed by atoms with Gasteiger partial charge in [-0.1, -0.05) is 24.3 Å². The predicted octanol–water partition coefficient (Wildman–Crippen LogP) is 2.98. The van der Waals surface area contributed by atoms with Crippen LogP contribution in [0.1, 0.15) is 38.0 Å². The summed E-state index contributed by atoms with van der Waals surface area (Å²) in [5.74, 6) is -0.724. The fraction of sp³-hybridized carbons (Fsp3) is 0.0625. The molecule has 92 valence electrons. The Hall–Kier alpha value is -2.55. The Morgan fingerprint density at radius 3 is 2.42 bits per heavy atom. The Balaban J connectivity index is 2.54. The van der Waals surface area contributed by atoms with E-state index in [1.54, 1.807) is 12.1 Å². The van der Waals surface area contributed by atoms with Crippen LogP contribution in [0.4, 0.5) is 0 Å². The first-order chi connectivity index (χ1) is 9.09. The number of carbonyl (C=O) groups excluding carboxylic acids is 3. The molecule has 0 unspecified atom stereocenters. The van der Waals surface area contributed by atoms with Gasteiger partial charge in [0.15, 0.2) is 17.3 Å². The van der Waals surface area contributed by atoms with E-state index in [-0.39, 0.29) is 22.9 Å². The van der Waals surface area contributed by atoms with E-state index in [1.807, 2.05) is 18.2 Å². The first-order valence-electron chi connectivity index (χ1n) is 5.93. The highest BCUT2D eigenvalue weighted by Gasteiger charge is 2.26. The molecule has 0 fully saturated rings. The van der Waals surface area contributed by atoms with Crippen LogP contribution >= 0.6 is 0 Å². The zero-order chi connectivity index (χ0) is 13.6. The third kappa shape index (κ3) is 1.63. The molecule has 0 radical (unpaired) electrons. The molecule has 0 aromatic heterocycles. The number of carbonyl (C=O) groups is 3. The van der Waals surface area contributed by atoms with E-state index in [2.05, 4.69) is 0 Å². The van der Waals surface area contributed by atoms with Crippen molar-refractivity contribution in [2.24, 2.45) is 0 Å². The van der Waals surface area contributed by atoms with Crippen molar-refractivity contribution < 1.29 is 14.4 Å². The van der Waals surface area contributed by atoms with Gasteiger partial charge in [0.1, 0.15) is 0 Å². The molecule has 1 aliphatic carbocycles. The second-order valence-corrected chi connectivity index (χ2v) is 4.51. The van der Waals surface area contributed by atoms with Crippen LogP contribution in [-0.4, -0.2) is 17.3 Å². The normalized spacial score (nSPS) is 13.7. The summed E-state index contributed by atoms with van der Waals surface area (Å²) in [6.45, 7) is 1.41. The van der Waals surface area contributed by atoms with Crippen LogP contribution in [0.15, 0.2) is 42.5 Å². The van der Waals surface area contributed by atoms with Crippen molar-refractivity contribution in [2.75, 3.05) is 0 Å². The number of ketones is 3. The standard InChI is InChI=1S/C16H10O3/c1-9(17)15-11-5-3-2-4-10(11)8-12-13(18)6-7-14(19)16(12)15/h2-8H,1H3. The second-order valence-electron chi connectivity index (χ2n) is 4.51. The Morgan fingerprint density at radius 2 is 1.68 bits per heavy atom. The van der Waals surface area contributed by atoms with E-state index >= 15 is 0 Å². The summed E-state index contributed by atoms with van der Waals surface area (Å²) in [4.78, 5) is 35.8. The van der Waals surface area contributed by atoms with Crippen LogP contribution in [0, 0.1) is 0 Å². The van der Waals surface area contributed by atoms with Crippen molar-refractivity contribution in [3.63, 3.8) is 0 Å². The summed E-state index contributed by atoms with van der Waals surface area (Å²) in [7, 11) is 0. The summed E-state index contributed by atoms with van der Waals surface area (Å²) in [6, 6.07) is 8.96. The van der Waals surface area contributed by atoms with Gasteiger partial charge in [0.05, 0.1) is 0 Å². The van der Waals surface area contributed by atoms with Crippen molar-refractivity contribution in [2.45, 2.75) is 6.92 Å². The van der Waals surface area contributed by atoms with Crippen LogP contribution < -0.4 is 0 Å². The Labute approximate surface area is 109 Å². The monoisotopic (exact) mass is 250 g/mol. The molecular formula is C16H10O3. The third-order valence-corrected chi connectivity index (χ3v) is 3.30. The molecule has 0 spiro atoms. The van der Waals surface area contributed by atoms with E-state index in [4.69, 9.17) is 0 Å². The maximum Gasteiger partial charge on any atom is 0.187 e. The lowest BCUT2D eigenvalue weighted by molar-refractivity contribution is 0.0979. The lowest BCUT2D eigenvalue weighted by Gasteiger charge is -2.15. The highest BCUT2D eigenvalue weighted by Crippen LogP contribution is 2.29. The van der Waals surface area contributed by atoms with Gasteiger partial charge in [-0.3, -0.25) is 14.4 Å². The highest BCUT2D eigenvalue weighted by atomic mass is 16.1. The molecule has 0 aliphatic heterocycles. The van der Waals surface area contributed by atoms with Crippen LogP contribution in [-0.2, 0) is 0 Å². The molecule has 0 N–H and O–H groups in total. The molecule has 3 rings (SSSR count). The smallest absolute Gasteiger partial charge is 0.187 e. The average Bonchev–Trinajstić information content (AvgIpc) is 2.40. The van der Waals surface area contributed by atoms with Crippen molar-refractivity contribution in [3.05, 3.63) is 59.2 Å². The van der Waals surface area contributed by atoms with Crippen LogP contribution in [0.2, 0.25) is 0 Å². The minimum Gasteiger partial charge on any atom is -0.294 e. The Morgan fingerprint density at radius 1 is 1.00 bits per heavy atom. The van der Waals surface area contributed by atoms with E-state index in [1.165, 1.54) is 19.1 Å². The van der Waals surface area contributed by atoms with Gasteiger partial charge in [-0.25, -0.2) is 0 Å². The number of Topliss-reactive ketones (excluding diaryl/α,β-unsaturated/α-hetero) is 1. The summed E-state index contributed by atoms with van der Waals surface area (Å²) in [5.41, 5.74) is 0.894. The quantitative estimate of drug-likeness (QED) is 0.731. The Kier molecular flexibility index (Phi) is 2.42. The number of hydrogen-bond donors (Lipinski definition) is 0. The molecule has 0 saturated carbocycles. The number of fused-ring (bicyclic) bond motifs is 2. The van der Waals surface area contributed by atoms with Crippen molar-refractivity contribution in [1.29, 1.82) is 0 Å². The average molecular weight is 250 g/mol. The van der Waals surface area contributed by atoms with E-state index < -0.39 is 0 Å². The van der Waals surface area contributed by atoms with Gasteiger partial charge in [0.25, 0.3) is 0 Å². The SMILES string of the molecule is CC(=O)c1c2c(cc3ccccc13)C(=O)C=CC2=O. The molecule has 2 aromatic rings. The molecule has 1 aliphatic rings. The van der Waals surface area contributed by atoms with E-state index in [9.17, 15) is 14.4 Å². The molecule has 0 saturated heterocycles. The minimum absolute atomic E-state index is 0.204. The van der Waals surface area contributed by atoms with E-state index in [0.717, 1.165) is 5.39 Å². The molecular weight excluding hydrogens is 240 g/mol. The number of allylic oxidation sites excluding steroid dienone is 2. The molecule has 2 aromatic carbocycles. The summed E-state index contributed by atoms with van der Waals surface area (Å²) in [6.07, 6.45) is 2.48. The Bertz CT molecular complexity index is 782. The van der Waals surface area contributed by atoms with E-state index in [0.29, 0.717) is 16.5 Å². The van der Waals surface area contributed by atoms with Gasteiger partial charge in [-0.2, -0.15) is 0 Å². The minimum atomic E-state index is -0.287. The molecule has 19 heavy (non-hydrogen) atoms. The first-order valence-corrected chi connectivity index (χ1v) is 5.93. The van der Waals surface area contributed by atoms with Gasteiger partial charge >= 0.3 is 0 Å². The zero-order valence-electron chi connectivity index (χ0n) is 10.3. The molecule has 3 heteroatoms. The van der Waals surface area contributed by atoms with Gasteiger partial charge in [-0.15, -0.1) is 0 Å². The summed E-state index contributed by atoms with van der Waals surface area (Å²) < 4.78 is 0. The fourth-order valence-corrected chi connectivity index (χ4v) is 2.49. The molecule has 0 amide bonds. The third-order valence-electron chi connectivity index (χ3n) is 3.30. The highest BCUT2D eigenvalue weighted by molar-refractivity contribution is 6.28. The number of benzene rings is 2. The zero-order valence-corrected chi connectivity index (χ0v) is 10.3. The van der Waals surface area contributed by atoms with Gasteiger partial charge in [0.2, 0.25) is 0 Å². The number of rotatable bonds is 1. The van der Waals surface area contributed by atoms with Crippen LogP contribution in [0.3, 0.4) is 0 Å². The van der Waals surface area contributed by atoms with Crippen LogP contribution in [0.25, 0.3) is 10.8 Å². The first kappa shape index (κ1) is 11.5. The number of hydrogen-bond acceptors (Lipinski definition) is 3. The van der Waals surface area contributed by atoms with Gasteiger partial charge in [-0.05, 0) is 35.9 Å². The van der Waals surface area contributed by atoms with Crippen molar-refractivity contribution in [3.8, 4) is 0 Å². The molecule has 3 nitrogen and oxygen atoms in total. The van der Waals surface area contributed by atoms with Crippen molar-refractivity contribution in [1.82, 2.24) is 0 Å². The molecule has 0 heterocycles. The van der Waals surface area contributed by atoms with Crippen LogP contribution in [0.5, 0.6) is 0 Å². The topological polar surface area (TPSA) is 51.2 Å². The molecule has 0 atom stereocenters. The second kappa shape index (κ2) is 3.99. The predicted molar refractivity (Wildman–Crippen MR) is 71.8 cm³/mol. The van der Waals surface area contributed by atoms with Gasteiger partial charge in [0, 0.05) is 16.7 Å². The lowest BCUT2D eigenvalue weighted by Crippen LogP contribution is -2.16. The maximum atomic E-state index is 12.0. The van der Waals surface area contributed by atoms with Crippen molar-refractivity contribution >= 4 is 28.1 Å². The fourth-order valence-electron chi connectivity index (χ4n) is 2.49. The summed E-state index contributed by atoms with van der Waals surface area (Å²) >= 11 is 0.